The molecule has 0 spiro atoms. The molecule has 2 heteroatoms. The maximum absolute atomic E-state index is 5.35. The number of epoxide rings is 1. The molecule has 15 heavy (non-hydrogen) atoms. The van der Waals surface area contributed by atoms with Gasteiger partial charge in [0.15, 0.2) is 0 Å². The maximum Gasteiger partial charge on any atom is 0.122 e. The van der Waals surface area contributed by atoms with Crippen LogP contribution in [0.1, 0.15) is 30.9 Å². The van der Waals surface area contributed by atoms with Gasteiger partial charge in [-0.1, -0.05) is 26.0 Å². The molecule has 1 aromatic carbocycles. The Labute approximate surface area is 91.2 Å². The SMILES string of the molecule is COc1ccc(C(C)C)cc1CC1CO1. The molecule has 1 fully saturated rings. The van der Waals surface area contributed by atoms with Gasteiger partial charge in [-0.15, -0.1) is 0 Å². The first-order valence-corrected chi connectivity index (χ1v) is 5.49. The fourth-order valence-electron chi connectivity index (χ4n) is 1.75. The zero-order valence-electron chi connectivity index (χ0n) is 9.62. The van der Waals surface area contributed by atoms with Gasteiger partial charge >= 0.3 is 0 Å². The van der Waals surface area contributed by atoms with E-state index in [9.17, 15) is 0 Å². The fraction of sp³-hybridized carbons (Fsp3) is 0.538. The lowest BCUT2D eigenvalue weighted by molar-refractivity contribution is 0.390. The molecule has 0 amide bonds. The molecule has 0 aromatic heterocycles. The minimum absolute atomic E-state index is 0.418. The van der Waals surface area contributed by atoms with Crippen LogP contribution < -0.4 is 4.74 Å². The van der Waals surface area contributed by atoms with Crippen molar-refractivity contribution in [1.82, 2.24) is 0 Å². The quantitative estimate of drug-likeness (QED) is 0.706. The molecule has 82 valence electrons. The van der Waals surface area contributed by atoms with E-state index >= 15 is 0 Å². The van der Waals surface area contributed by atoms with Crippen molar-refractivity contribution in [3.8, 4) is 5.75 Å². The lowest BCUT2D eigenvalue weighted by atomic mass is 9.98. The third kappa shape index (κ3) is 2.51. The summed E-state index contributed by atoms with van der Waals surface area (Å²) in [5.74, 6) is 1.55. The molecule has 0 N–H and O–H groups in total. The summed E-state index contributed by atoms with van der Waals surface area (Å²) in [4.78, 5) is 0. The van der Waals surface area contributed by atoms with E-state index in [1.807, 2.05) is 0 Å². The van der Waals surface area contributed by atoms with E-state index in [0.717, 1.165) is 18.8 Å². The van der Waals surface area contributed by atoms with E-state index in [1.165, 1.54) is 11.1 Å². The lowest BCUT2D eigenvalue weighted by Gasteiger charge is -2.11. The van der Waals surface area contributed by atoms with Gasteiger partial charge in [-0.2, -0.15) is 0 Å². The van der Waals surface area contributed by atoms with Gasteiger partial charge in [-0.3, -0.25) is 0 Å². The van der Waals surface area contributed by atoms with E-state index in [1.54, 1.807) is 7.11 Å². The van der Waals surface area contributed by atoms with Crippen molar-refractivity contribution in [1.29, 1.82) is 0 Å². The van der Waals surface area contributed by atoms with Crippen molar-refractivity contribution in [3.63, 3.8) is 0 Å². The second-order valence-electron chi connectivity index (χ2n) is 4.39. The van der Waals surface area contributed by atoms with Crippen LogP contribution in [0.4, 0.5) is 0 Å². The van der Waals surface area contributed by atoms with E-state index in [4.69, 9.17) is 9.47 Å². The predicted octanol–water partition coefficient (Wildman–Crippen LogP) is 2.76. The van der Waals surface area contributed by atoms with Crippen LogP contribution in [0.15, 0.2) is 18.2 Å². The van der Waals surface area contributed by atoms with Crippen molar-refractivity contribution in [2.45, 2.75) is 32.3 Å². The molecular formula is C13H18O2. The molecule has 1 heterocycles. The van der Waals surface area contributed by atoms with Crippen LogP contribution in [-0.4, -0.2) is 19.8 Å². The van der Waals surface area contributed by atoms with Crippen molar-refractivity contribution in [2.75, 3.05) is 13.7 Å². The van der Waals surface area contributed by atoms with Crippen LogP contribution in [0.25, 0.3) is 0 Å². The average Bonchev–Trinajstić information content (AvgIpc) is 3.01. The van der Waals surface area contributed by atoms with Crippen LogP contribution in [0, 0.1) is 0 Å². The van der Waals surface area contributed by atoms with Gasteiger partial charge in [0.2, 0.25) is 0 Å². The lowest BCUT2D eigenvalue weighted by Crippen LogP contribution is -1.99. The summed E-state index contributed by atoms with van der Waals surface area (Å²) in [6.07, 6.45) is 1.39. The molecule has 0 saturated carbocycles. The Hall–Kier alpha value is -1.02. The second kappa shape index (κ2) is 4.23. The zero-order valence-corrected chi connectivity index (χ0v) is 9.62. The smallest absolute Gasteiger partial charge is 0.122 e. The van der Waals surface area contributed by atoms with E-state index in [2.05, 4.69) is 32.0 Å². The van der Waals surface area contributed by atoms with Crippen LogP contribution in [0.5, 0.6) is 5.75 Å². The Morgan fingerprint density at radius 3 is 2.73 bits per heavy atom. The molecule has 1 aromatic rings. The summed E-state index contributed by atoms with van der Waals surface area (Å²) in [7, 11) is 1.72. The topological polar surface area (TPSA) is 21.8 Å². The Balaban J connectivity index is 2.24. The number of hydrogen-bond donors (Lipinski definition) is 0. The molecule has 1 aliphatic heterocycles. The standard InChI is InChI=1S/C13H18O2/c1-9(2)10-4-5-13(14-3)11(6-10)7-12-8-15-12/h4-6,9,12H,7-8H2,1-3H3. The van der Waals surface area contributed by atoms with Crippen molar-refractivity contribution >= 4 is 0 Å². The minimum atomic E-state index is 0.418. The van der Waals surface area contributed by atoms with Crippen molar-refractivity contribution in [3.05, 3.63) is 29.3 Å². The highest BCUT2D eigenvalue weighted by Gasteiger charge is 2.24. The number of ether oxygens (including phenoxy) is 2. The van der Waals surface area contributed by atoms with Crippen LogP contribution >= 0.6 is 0 Å². The molecule has 1 atom stereocenters. The molecule has 2 rings (SSSR count). The summed E-state index contributed by atoms with van der Waals surface area (Å²) in [6.45, 7) is 5.31. The van der Waals surface area contributed by atoms with Gasteiger partial charge in [-0.25, -0.2) is 0 Å². The first kappa shape index (κ1) is 10.5. The summed E-state index contributed by atoms with van der Waals surface area (Å²) in [5, 5.41) is 0. The summed E-state index contributed by atoms with van der Waals surface area (Å²) in [6, 6.07) is 6.44. The third-order valence-corrected chi connectivity index (χ3v) is 2.82. The monoisotopic (exact) mass is 206 g/mol. The maximum atomic E-state index is 5.35. The average molecular weight is 206 g/mol. The van der Waals surface area contributed by atoms with E-state index < -0.39 is 0 Å². The number of hydrogen-bond acceptors (Lipinski definition) is 2. The van der Waals surface area contributed by atoms with Gasteiger partial charge < -0.3 is 9.47 Å². The molecule has 1 unspecified atom stereocenters. The second-order valence-corrected chi connectivity index (χ2v) is 4.39. The molecule has 0 aliphatic carbocycles. The van der Waals surface area contributed by atoms with E-state index in [-0.39, 0.29) is 0 Å². The molecule has 1 saturated heterocycles. The number of methoxy groups -OCH3 is 1. The van der Waals surface area contributed by atoms with Gasteiger partial charge in [0, 0.05) is 6.42 Å². The molecule has 2 nitrogen and oxygen atoms in total. The summed E-state index contributed by atoms with van der Waals surface area (Å²) >= 11 is 0. The molecular weight excluding hydrogens is 188 g/mol. The highest BCUT2D eigenvalue weighted by atomic mass is 16.6. The molecule has 0 radical (unpaired) electrons. The minimum Gasteiger partial charge on any atom is -0.496 e. The third-order valence-electron chi connectivity index (χ3n) is 2.82. The first-order chi connectivity index (χ1) is 7.20. The van der Waals surface area contributed by atoms with Gasteiger partial charge in [0.05, 0.1) is 19.8 Å². The Kier molecular flexibility index (Phi) is 2.96. The molecule has 0 bridgehead atoms. The highest BCUT2D eigenvalue weighted by molar-refractivity contribution is 5.39. The predicted molar refractivity (Wildman–Crippen MR) is 60.5 cm³/mol. The highest BCUT2D eigenvalue weighted by Crippen LogP contribution is 2.27. The van der Waals surface area contributed by atoms with Crippen LogP contribution in [-0.2, 0) is 11.2 Å². The Morgan fingerprint density at radius 1 is 1.47 bits per heavy atom. The van der Waals surface area contributed by atoms with Gasteiger partial charge in [0.25, 0.3) is 0 Å². The summed E-state index contributed by atoms with van der Waals surface area (Å²) in [5.41, 5.74) is 2.64. The normalized spacial score (nSPS) is 19.3. The molecule has 1 aliphatic rings. The fourth-order valence-corrected chi connectivity index (χ4v) is 1.75. The first-order valence-electron chi connectivity index (χ1n) is 5.49. The largest absolute Gasteiger partial charge is 0.496 e. The van der Waals surface area contributed by atoms with Gasteiger partial charge in [-0.05, 0) is 23.1 Å². The number of rotatable bonds is 4. The Morgan fingerprint density at radius 2 is 2.20 bits per heavy atom. The Bertz CT molecular complexity index is 340. The summed E-state index contributed by atoms with van der Waals surface area (Å²) < 4.78 is 10.6. The van der Waals surface area contributed by atoms with Crippen molar-refractivity contribution < 1.29 is 9.47 Å². The van der Waals surface area contributed by atoms with E-state index in [0.29, 0.717) is 12.0 Å². The number of benzene rings is 1. The van der Waals surface area contributed by atoms with Crippen LogP contribution in [0.2, 0.25) is 0 Å². The van der Waals surface area contributed by atoms with Crippen LogP contribution in [0.3, 0.4) is 0 Å². The zero-order chi connectivity index (χ0) is 10.8. The van der Waals surface area contributed by atoms with Crippen molar-refractivity contribution in [2.24, 2.45) is 0 Å². The van der Waals surface area contributed by atoms with Gasteiger partial charge in [0.1, 0.15) is 5.75 Å².